The van der Waals surface area contributed by atoms with Gasteiger partial charge < -0.3 is 19.5 Å². The summed E-state index contributed by atoms with van der Waals surface area (Å²) in [7, 11) is 0. The summed E-state index contributed by atoms with van der Waals surface area (Å²) in [5.41, 5.74) is 5.53. The van der Waals surface area contributed by atoms with Crippen molar-refractivity contribution in [3.63, 3.8) is 0 Å². The molecule has 1 aromatic heterocycles. The molecule has 2 heterocycles. The second-order valence-electron chi connectivity index (χ2n) is 14.2. The fraction of sp³-hybridized carbons (Fsp3) is 0.500. The van der Waals surface area contributed by atoms with Gasteiger partial charge in [0.2, 0.25) is 0 Å². The quantitative estimate of drug-likeness (QED) is 0.262. The van der Waals surface area contributed by atoms with Gasteiger partial charge in [-0.1, -0.05) is 63.6 Å². The number of aromatic nitrogens is 1. The highest BCUT2D eigenvalue weighted by atomic mass is 35.5. The average Bonchev–Trinajstić information content (AvgIpc) is 2.91. The molecular weight excluding hydrogens is 560 g/mol. The molecule has 1 aliphatic rings. The van der Waals surface area contributed by atoms with E-state index in [2.05, 4.69) is 32.6 Å². The van der Waals surface area contributed by atoms with Gasteiger partial charge in [0.15, 0.2) is 6.10 Å². The van der Waals surface area contributed by atoms with Crippen molar-refractivity contribution in [2.45, 2.75) is 92.3 Å². The minimum Gasteiger partial charge on any atom is -0.493 e. The van der Waals surface area contributed by atoms with E-state index in [1.807, 2.05) is 83.1 Å². The molecule has 7 heteroatoms. The minimum absolute atomic E-state index is 0.205. The number of nitrogens with zero attached hydrogens (tertiary/aromatic N) is 2. The van der Waals surface area contributed by atoms with Gasteiger partial charge >= 0.3 is 5.97 Å². The van der Waals surface area contributed by atoms with Crippen LogP contribution in [0.25, 0.3) is 11.1 Å². The maximum absolute atomic E-state index is 12.7. The number of carboxylic acids is 1. The van der Waals surface area contributed by atoms with E-state index in [9.17, 15) is 9.90 Å². The Balaban J connectivity index is 1.74. The SMILES string of the molecule is Cc1nc(C)c([C@H](OC(C)(C)C)C(=O)O)c(N2CCC(C)(C)CC2)c1-c1ccc(OCC(C)(C)c2ccc(Cl)cc2)cc1. The largest absolute Gasteiger partial charge is 0.493 e. The highest BCUT2D eigenvalue weighted by Crippen LogP contribution is 2.45. The molecule has 0 aliphatic carbocycles. The Morgan fingerprint density at radius 3 is 2.09 bits per heavy atom. The summed E-state index contributed by atoms with van der Waals surface area (Å²) in [5, 5.41) is 11.1. The summed E-state index contributed by atoms with van der Waals surface area (Å²) < 4.78 is 12.5. The lowest BCUT2D eigenvalue weighted by Crippen LogP contribution is -2.39. The number of anilines is 1. The van der Waals surface area contributed by atoms with Crippen molar-refractivity contribution in [2.24, 2.45) is 5.41 Å². The molecule has 0 radical (unpaired) electrons. The third-order valence-corrected chi connectivity index (χ3v) is 8.59. The molecule has 0 bridgehead atoms. The highest BCUT2D eigenvalue weighted by molar-refractivity contribution is 6.30. The number of halogens is 1. The molecule has 1 aliphatic heterocycles. The molecule has 0 saturated carbocycles. The van der Waals surface area contributed by atoms with E-state index in [1.165, 1.54) is 0 Å². The van der Waals surface area contributed by atoms with E-state index >= 15 is 0 Å². The molecule has 1 saturated heterocycles. The van der Waals surface area contributed by atoms with Crippen LogP contribution in [-0.2, 0) is 14.9 Å². The van der Waals surface area contributed by atoms with E-state index in [0.717, 1.165) is 59.8 Å². The van der Waals surface area contributed by atoms with Crippen molar-refractivity contribution < 1.29 is 19.4 Å². The Kier molecular flexibility index (Phi) is 9.53. The Bertz CT molecular complexity index is 1430. The topological polar surface area (TPSA) is 71.9 Å². The summed E-state index contributed by atoms with van der Waals surface area (Å²) in [5.74, 6) is -0.246. The highest BCUT2D eigenvalue weighted by Gasteiger charge is 2.36. The molecular formula is C36H47ClN2O4. The molecule has 1 fully saturated rings. The lowest BCUT2D eigenvalue weighted by atomic mass is 9.82. The first-order chi connectivity index (χ1) is 20.0. The number of carbonyl (C=O) groups is 1. The van der Waals surface area contributed by atoms with Crippen molar-refractivity contribution in [3.05, 3.63) is 76.1 Å². The Morgan fingerprint density at radius 2 is 1.56 bits per heavy atom. The summed E-state index contributed by atoms with van der Waals surface area (Å²) in [6.07, 6.45) is 0.884. The summed E-state index contributed by atoms with van der Waals surface area (Å²) in [6, 6.07) is 15.9. The van der Waals surface area contributed by atoms with E-state index in [-0.39, 0.29) is 10.8 Å². The molecule has 2 aromatic carbocycles. The van der Waals surface area contributed by atoms with Gasteiger partial charge in [-0.2, -0.15) is 0 Å². The molecule has 0 spiro atoms. The number of ether oxygens (including phenoxy) is 2. The van der Waals surface area contributed by atoms with Crippen molar-refractivity contribution in [1.82, 2.24) is 4.98 Å². The first-order valence-corrected chi connectivity index (χ1v) is 15.5. The smallest absolute Gasteiger partial charge is 0.337 e. The van der Waals surface area contributed by atoms with Crippen molar-refractivity contribution in [2.75, 3.05) is 24.6 Å². The molecule has 4 rings (SSSR count). The fourth-order valence-electron chi connectivity index (χ4n) is 5.72. The van der Waals surface area contributed by atoms with Gasteiger partial charge in [-0.05, 0) is 88.3 Å². The third kappa shape index (κ3) is 7.90. The van der Waals surface area contributed by atoms with E-state index in [4.69, 9.17) is 26.1 Å². The monoisotopic (exact) mass is 606 g/mol. The number of rotatable bonds is 9. The van der Waals surface area contributed by atoms with Gasteiger partial charge in [-0.3, -0.25) is 4.98 Å². The van der Waals surface area contributed by atoms with Crippen LogP contribution in [-0.4, -0.2) is 41.4 Å². The van der Waals surface area contributed by atoms with Crippen LogP contribution in [0, 0.1) is 19.3 Å². The molecule has 43 heavy (non-hydrogen) atoms. The van der Waals surface area contributed by atoms with Crippen LogP contribution in [0.3, 0.4) is 0 Å². The van der Waals surface area contributed by atoms with Crippen LogP contribution in [0.4, 0.5) is 5.69 Å². The van der Waals surface area contributed by atoms with Crippen LogP contribution in [0.1, 0.15) is 89.9 Å². The van der Waals surface area contributed by atoms with Crippen LogP contribution in [0.2, 0.25) is 5.02 Å². The van der Waals surface area contributed by atoms with E-state index < -0.39 is 17.7 Å². The molecule has 0 amide bonds. The summed E-state index contributed by atoms with van der Waals surface area (Å²) in [4.78, 5) is 20.0. The van der Waals surface area contributed by atoms with Gasteiger partial charge in [0.05, 0.1) is 17.9 Å². The first-order valence-electron chi connectivity index (χ1n) is 15.1. The number of hydrogen-bond donors (Lipinski definition) is 1. The maximum atomic E-state index is 12.7. The second-order valence-corrected chi connectivity index (χ2v) is 14.7. The summed E-state index contributed by atoms with van der Waals surface area (Å²) >= 11 is 6.09. The standard InChI is InChI=1S/C36H47ClN2O4/c1-23-29(25-10-16-28(17-11-25)42-22-36(8,9)26-12-14-27(37)15-13-26)31(39-20-18-35(6,7)19-21-39)30(24(2)38-23)32(33(40)41)43-34(3,4)5/h10-17,32H,18-22H2,1-9H3,(H,40,41)/t32-/m0/s1. The van der Waals surface area contributed by atoms with Gasteiger partial charge in [0.1, 0.15) is 5.75 Å². The predicted octanol–water partition coefficient (Wildman–Crippen LogP) is 8.94. The van der Waals surface area contributed by atoms with Gasteiger partial charge in [0, 0.05) is 46.0 Å². The summed E-state index contributed by atoms with van der Waals surface area (Å²) in [6.45, 7) is 20.6. The lowest BCUT2D eigenvalue weighted by Gasteiger charge is -2.41. The molecule has 1 atom stereocenters. The zero-order chi connectivity index (χ0) is 31.7. The molecule has 1 N–H and O–H groups in total. The Morgan fingerprint density at radius 1 is 0.977 bits per heavy atom. The molecule has 0 unspecified atom stereocenters. The van der Waals surface area contributed by atoms with E-state index in [1.54, 1.807) is 0 Å². The normalized spacial score (nSPS) is 16.2. The fourth-order valence-corrected chi connectivity index (χ4v) is 5.85. The van der Waals surface area contributed by atoms with Crippen LogP contribution >= 0.6 is 11.6 Å². The van der Waals surface area contributed by atoms with Gasteiger partial charge in [-0.25, -0.2) is 4.79 Å². The van der Waals surface area contributed by atoms with Crippen LogP contribution in [0.5, 0.6) is 5.75 Å². The van der Waals surface area contributed by atoms with Crippen molar-refractivity contribution in [3.8, 4) is 16.9 Å². The number of aliphatic carboxylic acids is 1. The van der Waals surface area contributed by atoms with Crippen molar-refractivity contribution in [1.29, 1.82) is 0 Å². The molecule has 232 valence electrons. The number of aryl methyl sites for hydroxylation is 2. The third-order valence-electron chi connectivity index (χ3n) is 8.34. The molecule has 6 nitrogen and oxygen atoms in total. The number of hydrogen-bond acceptors (Lipinski definition) is 5. The lowest BCUT2D eigenvalue weighted by molar-refractivity contribution is -0.160. The number of piperidine rings is 1. The zero-order valence-corrected chi connectivity index (χ0v) is 27.9. The Hall–Kier alpha value is -3.09. The number of pyridine rings is 1. The van der Waals surface area contributed by atoms with Crippen LogP contribution < -0.4 is 9.64 Å². The van der Waals surface area contributed by atoms with Gasteiger partial charge in [-0.15, -0.1) is 0 Å². The second kappa shape index (κ2) is 12.5. The first kappa shape index (κ1) is 32.8. The maximum Gasteiger partial charge on any atom is 0.337 e. The van der Waals surface area contributed by atoms with E-state index in [0.29, 0.717) is 22.9 Å². The van der Waals surface area contributed by atoms with Crippen molar-refractivity contribution >= 4 is 23.3 Å². The minimum atomic E-state index is -1.14. The Labute approximate surface area is 262 Å². The zero-order valence-electron chi connectivity index (χ0n) is 27.2. The average molecular weight is 607 g/mol. The predicted molar refractivity (Wildman–Crippen MR) is 176 cm³/mol. The van der Waals surface area contributed by atoms with Crippen LogP contribution in [0.15, 0.2) is 48.5 Å². The number of carboxylic acid groups (broad SMARTS) is 1. The number of benzene rings is 2. The molecule has 3 aromatic rings. The van der Waals surface area contributed by atoms with Gasteiger partial charge in [0.25, 0.3) is 0 Å².